The van der Waals surface area contributed by atoms with Gasteiger partial charge >= 0.3 is 18.1 Å². The van der Waals surface area contributed by atoms with Gasteiger partial charge in [-0.2, -0.15) is 13.2 Å². The maximum absolute atomic E-state index is 13.3. The smallest absolute Gasteiger partial charge is 0.416 e. The van der Waals surface area contributed by atoms with Gasteiger partial charge in [0.1, 0.15) is 0 Å². The molecule has 0 unspecified atom stereocenters. The van der Waals surface area contributed by atoms with Gasteiger partial charge < -0.3 is 20.0 Å². The predicted molar refractivity (Wildman–Crippen MR) is 217 cm³/mol. The largest absolute Gasteiger partial charge is 0.481 e. The zero-order chi connectivity index (χ0) is 41.3. The lowest BCUT2D eigenvalue weighted by Crippen LogP contribution is -2.32. The fraction of sp³-hybridized carbons (Fsp3) is 0.364. The molecule has 56 heavy (non-hydrogen) atoms. The number of thioether (sulfide) groups is 1. The first kappa shape index (κ1) is 45.3. The van der Waals surface area contributed by atoms with Crippen molar-refractivity contribution in [2.75, 3.05) is 29.1 Å². The summed E-state index contributed by atoms with van der Waals surface area (Å²) in [5.41, 5.74) is 4.16. The molecule has 0 atom stereocenters. The van der Waals surface area contributed by atoms with Gasteiger partial charge in [0.05, 0.1) is 5.56 Å². The van der Waals surface area contributed by atoms with E-state index in [-0.39, 0.29) is 24.3 Å². The number of carboxylic acids is 2. The Morgan fingerprint density at radius 1 is 0.643 bits per heavy atom. The Bertz CT molecular complexity index is 1920. The van der Waals surface area contributed by atoms with Crippen LogP contribution in [0.3, 0.4) is 0 Å². The first-order valence-corrected chi connectivity index (χ1v) is 20.0. The van der Waals surface area contributed by atoms with Crippen molar-refractivity contribution in [2.24, 2.45) is 0 Å². The summed E-state index contributed by atoms with van der Waals surface area (Å²) >= 11 is 1.65. The van der Waals surface area contributed by atoms with Gasteiger partial charge in [-0.05, 0) is 123 Å². The van der Waals surface area contributed by atoms with E-state index in [1.807, 2.05) is 67.5 Å². The molecule has 0 aliphatic carbocycles. The van der Waals surface area contributed by atoms with Gasteiger partial charge in [0, 0.05) is 53.3 Å². The van der Waals surface area contributed by atoms with Gasteiger partial charge in [0.2, 0.25) is 0 Å². The van der Waals surface area contributed by atoms with Crippen LogP contribution in [0, 0.1) is 6.92 Å². The van der Waals surface area contributed by atoms with Gasteiger partial charge in [-0.3, -0.25) is 19.2 Å². The number of aliphatic carboxylic acids is 2. The summed E-state index contributed by atoms with van der Waals surface area (Å²) in [7, 11) is 0. The Labute approximate surface area is 331 Å². The summed E-state index contributed by atoms with van der Waals surface area (Å²) in [6, 6.07) is 25.3. The van der Waals surface area contributed by atoms with E-state index in [1.165, 1.54) is 17.0 Å². The highest BCUT2D eigenvalue weighted by molar-refractivity contribution is 7.98. The van der Waals surface area contributed by atoms with Crippen molar-refractivity contribution < 1.29 is 42.6 Å². The predicted octanol–water partition coefficient (Wildman–Crippen LogP) is 10.7. The quantitative estimate of drug-likeness (QED) is 0.0964. The van der Waals surface area contributed by atoms with E-state index in [0.717, 1.165) is 52.2 Å². The number of unbranched alkanes of at least 4 members (excludes halogenated alkanes) is 1. The number of nitrogens with zero attached hydrogens (tertiary/aromatic N) is 2. The number of anilines is 2. The molecule has 8 nitrogen and oxygen atoms in total. The van der Waals surface area contributed by atoms with Crippen molar-refractivity contribution in [3.8, 4) is 0 Å². The van der Waals surface area contributed by atoms with Crippen LogP contribution in [0.1, 0.15) is 102 Å². The van der Waals surface area contributed by atoms with E-state index < -0.39 is 29.6 Å². The van der Waals surface area contributed by atoms with E-state index in [2.05, 4.69) is 6.92 Å². The molecular weight excluding hydrogens is 742 g/mol. The Balaban J connectivity index is 0.000000300. The number of aryl methyl sites for hydroxylation is 3. The van der Waals surface area contributed by atoms with Crippen molar-refractivity contribution >= 4 is 46.9 Å². The summed E-state index contributed by atoms with van der Waals surface area (Å²) in [5, 5.41) is 17.8. The first-order chi connectivity index (χ1) is 26.7. The molecule has 0 aliphatic heterocycles. The summed E-state index contributed by atoms with van der Waals surface area (Å²) < 4.78 is 39.0. The van der Waals surface area contributed by atoms with Crippen LogP contribution < -0.4 is 9.80 Å². The second-order valence-corrected chi connectivity index (χ2v) is 14.2. The van der Waals surface area contributed by atoms with Crippen LogP contribution in [0.4, 0.5) is 24.5 Å². The minimum atomic E-state index is -4.53. The average Bonchev–Trinajstić information content (AvgIpc) is 3.17. The molecule has 0 bridgehead atoms. The fourth-order valence-electron chi connectivity index (χ4n) is 6.06. The SMILES string of the molecule is CCCCN(C(=O)c1ccc(SC)cc1)c1cc(C)ccc1CCCC(=O)O.CCCN(C(=O)c1cccc(C(F)(F)F)c1)c1ccccc1CCCC(=O)O. The third-order valence-corrected chi connectivity index (χ3v) is 9.68. The molecule has 0 aliphatic rings. The number of carbonyl (C=O) groups excluding carboxylic acids is 2. The lowest BCUT2D eigenvalue weighted by molar-refractivity contribution is -0.138. The van der Waals surface area contributed by atoms with Crippen LogP contribution in [-0.2, 0) is 28.6 Å². The number of carbonyl (C=O) groups is 4. The number of hydrogen-bond acceptors (Lipinski definition) is 5. The van der Waals surface area contributed by atoms with Gasteiger partial charge in [-0.15, -0.1) is 11.8 Å². The van der Waals surface area contributed by atoms with E-state index in [9.17, 15) is 32.3 Å². The summed E-state index contributed by atoms with van der Waals surface area (Å²) in [6.07, 6.45) is 2.22. The molecule has 0 fully saturated rings. The van der Waals surface area contributed by atoms with Gasteiger partial charge in [0.25, 0.3) is 11.8 Å². The summed E-state index contributed by atoms with van der Waals surface area (Å²) in [4.78, 5) is 52.4. The van der Waals surface area contributed by atoms with Gasteiger partial charge in [-0.25, -0.2) is 0 Å². The number of alkyl halides is 3. The molecule has 0 aromatic heterocycles. The number of rotatable bonds is 18. The van der Waals surface area contributed by atoms with Crippen molar-refractivity contribution in [1.82, 2.24) is 0 Å². The van der Waals surface area contributed by atoms with E-state index in [4.69, 9.17) is 10.2 Å². The van der Waals surface area contributed by atoms with Crippen LogP contribution in [0.15, 0.2) is 95.9 Å². The monoisotopic (exact) mass is 792 g/mol. The van der Waals surface area contributed by atoms with E-state index >= 15 is 0 Å². The maximum atomic E-state index is 13.3. The van der Waals surface area contributed by atoms with Crippen LogP contribution in [0.25, 0.3) is 0 Å². The minimum Gasteiger partial charge on any atom is -0.481 e. The third-order valence-electron chi connectivity index (χ3n) is 8.93. The molecule has 2 amide bonds. The van der Waals surface area contributed by atoms with Crippen molar-refractivity contribution in [1.29, 1.82) is 0 Å². The molecule has 2 N–H and O–H groups in total. The van der Waals surface area contributed by atoms with E-state index in [1.54, 1.807) is 36.0 Å². The van der Waals surface area contributed by atoms with Crippen molar-refractivity contribution in [3.05, 3.63) is 124 Å². The number of carboxylic acid groups (broad SMARTS) is 2. The molecule has 0 spiro atoms. The highest BCUT2D eigenvalue weighted by Gasteiger charge is 2.31. The number of hydrogen-bond donors (Lipinski definition) is 2. The molecule has 4 rings (SSSR count). The molecule has 0 radical (unpaired) electrons. The zero-order valence-corrected chi connectivity index (χ0v) is 33.2. The van der Waals surface area contributed by atoms with Crippen molar-refractivity contribution in [3.63, 3.8) is 0 Å². The zero-order valence-electron chi connectivity index (χ0n) is 32.4. The molecule has 300 valence electrons. The Morgan fingerprint density at radius 3 is 1.80 bits per heavy atom. The fourth-order valence-corrected chi connectivity index (χ4v) is 6.47. The number of amides is 2. The standard InChI is InChI=1S/C23H29NO3S.C21H22F3NO3/c1-4-5-15-24(23(27)19-11-13-20(28-3)14-12-19)21-16-17(2)9-10-18(21)7-6-8-22(25)26;1-2-13-25(18-11-4-3-7-15(18)8-6-12-19(26)27)20(28)16-9-5-10-17(14-16)21(22,23)24/h9-14,16H,4-8,15H2,1-3H3,(H,25,26);3-5,7,9-11,14H,2,6,8,12-13H2,1H3,(H,26,27). The second-order valence-electron chi connectivity index (χ2n) is 13.3. The average molecular weight is 793 g/mol. The highest BCUT2D eigenvalue weighted by atomic mass is 32.2. The minimum absolute atomic E-state index is 0.00366. The molecule has 0 saturated carbocycles. The van der Waals surface area contributed by atoms with Gasteiger partial charge in [0.15, 0.2) is 0 Å². The van der Waals surface area contributed by atoms with Crippen molar-refractivity contribution in [2.45, 2.75) is 89.6 Å². The molecule has 12 heteroatoms. The van der Waals surface area contributed by atoms with Gasteiger partial charge in [-0.1, -0.05) is 56.7 Å². The first-order valence-electron chi connectivity index (χ1n) is 18.8. The summed E-state index contributed by atoms with van der Waals surface area (Å²) in [5.74, 6) is -2.21. The second kappa shape index (κ2) is 22.5. The third kappa shape index (κ3) is 13.9. The van der Waals surface area contributed by atoms with E-state index in [0.29, 0.717) is 56.4 Å². The molecule has 0 saturated heterocycles. The maximum Gasteiger partial charge on any atom is 0.416 e. The lowest BCUT2D eigenvalue weighted by atomic mass is 10.0. The molecule has 0 heterocycles. The molecule has 4 aromatic rings. The number of benzene rings is 4. The molecule has 4 aromatic carbocycles. The number of para-hydroxylation sites is 1. The highest BCUT2D eigenvalue weighted by Crippen LogP contribution is 2.31. The Kier molecular flexibility index (Phi) is 18.2. The molecular formula is C44H51F3N2O6S. The normalized spacial score (nSPS) is 11.0. The van der Waals surface area contributed by atoms with Crippen LogP contribution in [0.5, 0.6) is 0 Å². The van der Waals surface area contributed by atoms with Crippen LogP contribution in [0.2, 0.25) is 0 Å². The Morgan fingerprint density at radius 2 is 1.23 bits per heavy atom. The summed E-state index contributed by atoms with van der Waals surface area (Å²) in [6.45, 7) is 6.99. The van der Waals surface area contributed by atoms with Crippen LogP contribution >= 0.6 is 11.8 Å². The Hall–Kier alpha value is -5.10. The number of halogens is 3. The van der Waals surface area contributed by atoms with Crippen LogP contribution in [-0.4, -0.2) is 53.3 Å². The lowest BCUT2D eigenvalue weighted by Gasteiger charge is -2.26. The topological polar surface area (TPSA) is 115 Å².